The molecule has 0 aliphatic rings. The highest BCUT2D eigenvalue weighted by Gasteiger charge is 2.27. The number of carbonyl (C=O) groups is 1. The molecule has 0 spiro atoms. The van der Waals surface area contributed by atoms with Crippen LogP contribution in [0.3, 0.4) is 0 Å². The zero-order valence-electron chi connectivity index (χ0n) is 19.1. The van der Waals surface area contributed by atoms with E-state index >= 15 is 0 Å². The Bertz CT molecular complexity index is 1420. The summed E-state index contributed by atoms with van der Waals surface area (Å²) in [6.07, 6.45) is 0. The van der Waals surface area contributed by atoms with Crippen LogP contribution in [0, 0.1) is 0 Å². The fraction of sp³-hybridized carbons (Fsp3) is 0.148. The molecule has 8 heteroatoms. The fourth-order valence-electron chi connectivity index (χ4n) is 3.66. The first kappa shape index (κ1) is 24.6. The molecule has 0 unspecified atom stereocenters. The number of anilines is 1. The average Bonchev–Trinajstić information content (AvgIpc) is 2.87. The summed E-state index contributed by atoms with van der Waals surface area (Å²) in [5, 5.41) is 5.44. The van der Waals surface area contributed by atoms with Crippen LogP contribution in [0.5, 0.6) is 5.75 Å². The predicted octanol–water partition coefficient (Wildman–Crippen LogP) is 5.40. The van der Waals surface area contributed by atoms with Gasteiger partial charge < -0.3 is 10.1 Å². The summed E-state index contributed by atoms with van der Waals surface area (Å²) in [5.41, 5.74) is 1.27. The summed E-state index contributed by atoms with van der Waals surface area (Å²) in [6.45, 7) is 2.25. The SMILES string of the molecule is CCOc1ccc(N(CC(=O)NCc2ccc3ccccc3c2)S(=O)(=O)c2ccc(Cl)cc2)cc1. The Balaban J connectivity index is 1.56. The molecule has 4 aromatic rings. The van der Waals surface area contributed by atoms with Crippen LogP contribution in [-0.4, -0.2) is 27.5 Å². The zero-order chi connectivity index (χ0) is 24.8. The van der Waals surface area contributed by atoms with Crippen molar-refractivity contribution in [3.63, 3.8) is 0 Å². The van der Waals surface area contributed by atoms with E-state index in [4.69, 9.17) is 16.3 Å². The first-order valence-electron chi connectivity index (χ1n) is 11.1. The topological polar surface area (TPSA) is 75.7 Å². The molecule has 6 nitrogen and oxygen atoms in total. The van der Waals surface area contributed by atoms with Crippen LogP contribution in [0.1, 0.15) is 12.5 Å². The molecule has 0 heterocycles. The average molecular weight is 509 g/mol. The van der Waals surface area contributed by atoms with Crippen LogP contribution in [-0.2, 0) is 21.4 Å². The van der Waals surface area contributed by atoms with E-state index in [1.807, 2.05) is 49.4 Å². The first-order chi connectivity index (χ1) is 16.9. The van der Waals surface area contributed by atoms with Crippen LogP contribution in [0.4, 0.5) is 5.69 Å². The van der Waals surface area contributed by atoms with Crippen molar-refractivity contribution >= 4 is 44.0 Å². The molecular weight excluding hydrogens is 484 g/mol. The summed E-state index contributed by atoms with van der Waals surface area (Å²) < 4.78 is 33.5. The third kappa shape index (κ3) is 5.93. The van der Waals surface area contributed by atoms with Crippen LogP contribution >= 0.6 is 11.6 Å². The predicted molar refractivity (Wildman–Crippen MR) is 139 cm³/mol. The van der Waals surface area contributed by atoms with Crippen molar-refractivity contribution in [2.75, 3.05) is 17.5 Å². The van der Waals surface area contributed by atoms with Gasteiger partial charge in [-0.2, -0.15) is 0 Å². The summed E-state index contributed by atoms with van der Waals surface area (Å²) in [5.74, 6) is 0.186. The smallest absolute Gasteiger partial charge is 0.264 e. The minimum Gasteiger partial charge on any atom is -0.494 e. The second-order valence-electron chi connectivity index (χ2n) is 7.85. The maximum atomic E-state index is 13.5. The number of sulfonamides is 1. The van der Waals surface area contributed by atoms with E-state index < -0.39 is 15.9 Å². The van der Waals surface area contributed by atoms with Gasteiger partial charge in [0.2, 0.25) is 5.91 Å². The molecule has 0 aliphatic heterocycles. The van der Waals surface area contributed by atoms with Gasteiger partial charge in [0.25, 0.3) is 10.0 Å². The van der Waals surface area contributed by atoms with Crippen LogP contribution in [0.2, 0.25) is 5.02 Å². The molecule has 1 amide bonds. The molecule has 4 rings (SSSR count). The van der Waals surface area contributed by atoms with Gasteiger partial charge in [-0.15, -0.1) is 0 Å². The van der Waals surface area contributed by atoms with E-state index in [0.29, 0.717) is 23.1 Å². The minimum atomic E-state index is -4.03. The maximum Gasteiger partial charge on any atom is 0.264 e. The molecule has 35 heavy (non-hydrogen) atoms. The third-order valence-electron chi connectivity index (χ3n) is 5.43. The molecule has 0 atom stereocenters. The van der Waals surface area contributed by atoms with Gasteiger partial charge in [-0.1, -0.05) is 48.0 Å². The van der Waals surface area contributed by atoms with Crippen molar-refractivity contribution in [2.24, 2.45) is 0 Å². The van der Waals surface area contributed by atoms with E-state index in [0.717, 1.165) is 20.6 Å². The lowest BCUT2D eigenvalue weighted by atomic mass is 10.1. The fourth-order valence-corrected chi connectivity index (χ4v) is 5.21. The Morgan fingerprint density at radius 3 is 2.29 bits per heavy atom. The molecule has 1 N–H and O–H groups in total. The Morgan fingerprint density at radius 2 is 1.60 bits per heavy atom. The van der Waals surface area contributed by atoms with Crippen LogP contribution in [0.15, 0.2) is 95.9 Å². The van der Waals surface area contributed by atoms with Gasteiger partial charge in [0, 0.05) is 11.6 Å². The molecule has 0 saturated carbocycles. The minimum absolute atomic E-state index is 0.0399. The van der Waals surface area contributed by atoms with Crippen LogP contribution < -0.4 is 14.4 Å². The van der Waals surface area contributed by atoms with Crippen molar-refractivity contribution in [3.05, 3.63) is 102 Å². The number of fused-ring (bicyclic) bond motifs is 1. The molecule has 0 fully saturated rings. The highest BCUT2D eigenvalue weighted by atomic mass is 35.5. The molecule has 180 valence electrons. The second kappa shape index (κ2) is 10.8. The van der Waals surface area contributed by atoms with Crippen molar-refractivity contribution in [3.8, 4) is 5.75 Å². The largest absolute Gasteiger partial charge is 0.494 e. The lowest BCUT2D eigenvalue weighted by molar-refractivity contribution is -0.119. The molecule has 0 aliphatic carbocycles. The molecule has 0 aromatic heterocycles. The van der Waals surface area contributed by atoms with E-state index in [9.17, 15) is 13.2 Å². The molecule has 4 aromatic carbocycles. The maximum absolute atomic E-state index is 13.5. The molecule has 0 radical (unpaired) electrons. The van der Waals surface area contributed by atoms with Gasteiger partial charge in [0.15, 0.2) is 0 Å². The number of hydrogen-bond acceptors (Lipinski definition) is 4. The number of nitrogens with zero attached hydrogens (tertiary/aromatic N) is 1. The standard InChI is InChI=1S/C27H25ClN2O4S/c1-2-34-25-13-11-24(12-14-25)30(35(32,33)26-15-9-23(28)10-16-26)19-27(31)29-18-20-7-8-21-5-3-4-6-22(21)17-20/h3-17H,2,18-19H2,1H3,(H,29,31). The van der Waals surface area contributed by atoms with Crippen molar-refractivity contribution in [1.29, 1.82) is 0 Å². The van der Waals surface area contributed by atoms with Gasteiger partial charge in [-0.3, -0.25) is 9.10 Å². The van der Waals surface area contributed by atoms with Gasteiger partial charge in [0.05, 0.1) is 17.2 Å². The number of amides is 1. The summed E-state index contributed by atoms with van der Waals surface area (Å²) in [7, 11) is -4.03. The zero-order valence-corrected chi connectivity index (χ0v) is 20.7. The number of hydrogen-bond donors (Lipinski definition) is 1. The van der Waals surface area contributed by atoms with Gasteiger partial charge in [-0.05, 0) is 77.9 Å². The van der Waals surface area contributed by atoms with Crippen molar-refractivity contribution in [2.45, 2.75) is 18.4 Å². The third-order valence-corrected chi connectivity index (χ3v) is 7.47. The summed E-state index contributed by atoms with van der Waals surface area (Å²) in [6, 6.07) is 26.3. The van der Waals surface area contributed by atoms with E-state index in [1.165, 1.54) is 24.3 Å². The highest BCUT2D eigenvalue weighted by Crippen LogP contribution is 2.26. The van der Waals surface area contributed by atoms with Crippen molar-refractivity contribution < 1.29 is 17.9 Å². The van der Waals surface area contributed by atoms with Crippen LogP contribution in [0.25, 0.3) is 10.8 Å². The Hall–Kier alpha value is -3.55. The Labute approximate surface area is 210 Å². The van der Waals surface area contributed by atoms with E-state index in [-0.39, 0.29) is 18.0 Å². The highest BCUT2D eigenvalue weighted by molar-refractivity contribution is 7.92. The van der Waals surface area contributed by atoms with Gasteiger partial charge in [0.1, 0.15) is 12.3 Å². The number of rotatable bonds is 9. The number of carbonyl (C=O) groups excluding carboxylic acids is 1. The summed E-state index contributed by atoms with van der Waals surface area (Å²) in [4.78, 5) is 12.9. The van der Waals surface area contributed by atoms with Gasteiger partial charge >= 0.3 is 0 Å². The molecule has 0 bridgehead atoms. The number of halogens is 1. The Kier molecular flexibility index (Phi) is 7.58. The second-order valence-corrected chi connectivity index (χ2v) is 10.1. The van der Waals surface area contributed by atoms with Gasteiger partial charge in [-0.25, -0.2) is 8.42 Å². The first-order valence-corrected chi connectivity index (χ1v) is 12.9. The Morgan fingerprint density at radius 1 is 0.914 bits per heavy atom. The molecule has 0 saturated heterocycles. The molecular formula is C27H25ClN2O4S. The lowest BCUT2D eigenvalue weighted by Crippen LogP contribution is -2.40. The van der Waals surface area contributed by atoms with E-state index in [2.05, 4.69) is 5.32 Å². The number of nitrogens with one attached hydrogen (secondary N) is 1. The number of benzene rings is 4. The summed E-state index contributed by atoms with van der Waals surface area (Å²) >= 11 is 5.94. The monoisotopic (exact) mass is 508 g/mol. The number of ether oxygens (including phenoxy) is 1. The van der Waals surface area contributed by atoms with E-state index in [1.54, 1.807) is 24.3 Å². The quantitative estimate of drug-likeness (QED) is 0.328. The van der Waals surface area contributed by atoms with Crippen molar-refractivity contribution in [1.82, 2.24) is 5.32 Å². The normalized spacial score (nSPS) is 11.3. The lowest BCUT2D eigenvalue weighted by Gasteiger charge is -2.24.